The van der Waals surface area contributed by atoms with Crippen LogP contribution >= 0.6 is 11.8 Å². The van der Waals surface area contributed by atoms with Crippen LogP contribution in [-0.2, 0) is 30.1 Å². The average Bonchev–Trinajstić information content (AvgIpc) is 2.88. The molecule has 0 aliphatic carbocycles. The zero-order chi connectivity index (χ0) is 25.0. The molecule has 0 saturated carbocycles. The summed E-state index contributed by atoms with van der Waals surface area (Å²) in [7, 11) is 0. The maximum atomic E-state index is 12.7. The summed E-state index contributed by atoms with van der Waals surface area (Å²) in [6.07, 6.45) is 11.2. The summed E-state index contributed by atoms with van der Waals surface area (Å²) in [5.41, 5.74) is 4.32. The number of pyridine rings is 1. The predicted molar refractivity (Wildman–Crippen MR) is 141 cm³/mol. The monoisotopic (exact) mass is 489 g/mol. The first-order valence-corrected chi connectivity index (χ1v) is 12.7. The second kappa shape index (κ2) is 13.4. The molecule has 0 atom stereocenters. The van der Waals surface area contributed by atoms with E-state index in [1.807, 2.05) is 44.2 Å². The second-order valence-electron chi connectivity index (χ2n) is 7.85. The van der Waals surface area contributed by atoms with Gasteiger partial charge in [-0.05, 0) is 48.1 Å². The van der Waals surface area contributed by atoms with Gasteiger partial charge in [-0.1, -0.05) is 74.2 Å². The Balaban J connectivity index is 1.66. The van der Waals surface area contributed by atoms with Crippen LogP contribution in [0.3, 0.4) is 0 Å². The van der Waals surface area contributed by atoms with E-state index in [-0.39, 0.29) is 18.0 Å². The van der Waals surface area contributed by atoms with Crippen LogP contribution in [0.1, 0.15) is 49.6 Å². The molecule has 3 rings (SSSR count). The minimum atomic E-state index is -0.354. The van der Waals surface area contributed by atoms with Crippen molar-refractivity contribution in [3.8, 4) is 0 Å². The summed E-state index contributed by atoms with van der Waals surface area (Å²) in [5, 5.41) is 7.75. The predicted octanol–water partition coefficient (Wildman–Crippen LogP) is 4.57. The summed E-state index contributed by atoms with van der Waals surface area (Å²) >= 11 is 1.36. The van der Waals surface area contributed by atoms with E-state index >= 15 is 0 Å². The number of amides is 1. The molecule has 1 amide bonds. The summed E-state index contributed by atoms with van der Waals surface area (Å²) < 4.78 is 1.51. The first-order valence-electron chi connectivity index (χ1n) is 11.7. The third-order valence-corrected chi connectivity index (χ3v) is 6.21. The standard InChI is InChI=1S/C27H31N5O2S/c1-4-8-22(9-5-2)23-13-11-20(12-14-23)17-29-25(33)18-32-27(30-26(34)24(6-3)31-32)35-19-21-10-7-15-28-16-21/h4,7-16H,5-6,17-19H2,1-3H3,(H,29,33)/b8-4-,22-9+. The van der Waals surface area contributed by atoms with Gasteiger partial charge in [0.1, 0.15) is 12.2 Å². The Morgan fingerprint density at radius 2 is 1.94 bits per heavy atom. The number of thioether (sulfide) groups is 1. The number of nitrogens with zero attached hydrogens (tertiary/aromatic N) is 4. The van der Waals surface area contributed by atoms with Crippen molar-refractivity contribution in [1.29, 1.82) is 0 Å². The SMILES string of the molecule is C/C=C\C(=C/CC)c1ccc(CNC(=O)Cn2nc(CC)c(=O)nc2SCc2cccnc2)cc1. The van der Waals surface area contributed by atoms with E-state index < -0.39 is 0 Å². The molecular weight excluding hydrogens is 458 g/mol. The third-order valence-electron chi connectivity index (χ3n) is 5.17. The molecule has 2 heterocycles. The molecule has 2 aromatic heterocycles. The van der Waals surface area contributed by atoms with Crippen molar-refractivity contribution in [2.45, 2.75) is 57.6 Å². The number of aromatic nitrogens is 4. The van der Waals surface area contributed by atoms with Gasteiger partial charge in [-0.3, -0.25) is 14.6 Å². The smallest absolute Gasteiger partial charge is 0.295 e. The van der Waals surface area contributed by atoms with Gasteiger partial charge in [-0.15, -0.1) is 0 Å². The quantitative estimate of drug-likeness (QED) is 0.313. The molecular formula is C27H31N5O2S. The fraction of sp³-hybridized carbons (Fsp3) is 0.296. The van der Waals surface area contributed by atoms with Crippen molar-refractivity contribution in [3.63, 3.8) is 0 Å². The molecule has 8 heteroatoms. The number of allylic oxidation sites excluding steroid dienone is 4. The fourth-order valence-corrected chi connectivity index (χ4v) is 4.26. The third kappa shape index (κ3) is 7.75. The van der Waals surface area contributed by atoms with Crippen LogP contribution in [0, 0.1) is 0 Å². The van der Waals surface area contributed by atoms with Crippen molar-refractivity contribution in [2.75, 3.05) is 0 Å². The molecule has 35 heavy (non-hydrogen) atoms. The van der Waals surface area contributed by atoms with Gasteiger partial charge < -0.3 is 5.32 Å². The summed E-state index contributed by atoms with van der Waals surface area (Å²) in [5.74, 6) is 0.376. The molecule has 0 spiro atoms. The van der Waals surface area contributed by atoms with Crippen molar-refractivity contribution < 1.29 is 4.79 Å². The van der Waals surface area contributed by atoms with Crippen molar-refractivity contribution in [2.24, 2.45) is 0 Å². The van der Waals surface area contributed by atoms with Crippen LogP contribution in [0.25, 0.3) is 5.57 Å². The number of nitrogens with one attached hydrogen (secondary N) is 1. The van der Waals surface area contributed by atoms with Crippen molar-refractivity contribution >= 4 is 23.2 Å². The highest BCUT2D eigenvalue weighted by Gasteiger charge is 2.13. The van der Waals surface area contributed by atoms with Gasteiger partial charge in [0.25, 0.3) is 5.56 Å². The lowest BCUT2D eigenvalue weighted by Gasteiger charge is -2.12. The molecule has 0 unspecified atom stereocenters. The molecule has 1 aromatic carbocycles. The number of aryl methyl sites for hydroxylation is 1. The zero-order valence-electron chi connectivity index (χ0n) is 20.4. The molecule has 3 aromatic rings. The van der Waals surface area contributed by atoms with Crippen LogP contribution in [0.15, 0.2) is 77.0 Å². The van der Waals surface area contributed by atoms with E-state index in [1.54, 1.807) is 12.4 Å². The van der Waals surface area contributed by atoms with Crippen molar-refractivity contribution in [3.05, 3.63) is 99.8 Å². The topological polar surface area (TPSA) is 89.8 Å². The van der Waals surface area contributed by atoms with Crippen LogP contribution < -0.4 is 10.9 Å². The average molecular weight is 490 g/mol. The fourth-order valence-electron chi connectivity index (χ4n) is 3.39. The van der Waals surface area contributed by atoms with Crippen molar-refractivity contribution in [1.82, 2.24) is 25.1 Å². The zero-order valence-corrected chi connectivity index (χ0v) is 21.2. The van der Waals surface area contributed by atoms with E-state index in [2.05, 4.69) is 51.6 Å². The molecule has 7 nitrogen and oxygen atoms in total. The van der Waals surface area contributed by atoms with Gasteiger partial charge in [0.2, 0.25) is 5.91 Å². The van der Waals surface area contributed by atoms with Gasteiger partial charge in [0.15, 0.2) is 5.16 Å². The van der Waals surface area contributed by atoms with Gasteiger partial charge >= 0.3 is 0 Å². The number of hydrogen-bond acceptors (Lipinski definition) is 6. The lowest BCUT2D eigenvalue weighted by molar-refractivity contribution is -0.122. The number of carbonyl (C=O) groups is 1. The molecule has 0 fully saturated rings. The Labute approximate surface area is 210 Å². The molecule has 0 aliphatic rings. The summed E-state index contributed by atoms with van der Waals surface area (Å²) in [4.78, 5) is 33.3. The first-order chi connectivity index (χ1) is 17.0. The van der Waals surface area contributed by atoms with Crippen LogP contribution in [0.4, 0.5) is 0 Å². The maximum Gasteiger partial charge on any atom is 0.295 e. The molecule has 0 radical (unpaired) electrons. The van der Waals surface area contributed by atoms with Gasteiger partial charge in [0, 0.05) is 24.7 Å². The Hall–Kier alpha value is -3.52. The maximum absolute atomic E-state index is 12.7. The Morgan fingerprint density at radius 3 is 2.60 bits per heavy atom. The molecule has 0 bridgehead atoms. The van der Waals surface area contributed by atoms with E-state index in [0.717, 1.165) is 23.1 Å². The van der Waals surface area contributed by atoms with E-state index in [9.17, 15) is 9.59 Å². The highest BCUT2D eigenvalue weighted by molar-refractivity contribution is 7.98. The highest BCUT2D eigenvalue weighted by Crippen LogP contribution is 2.20. The number of hydrogen-bond donors (Lipinski definition) is 1. The second-order valence-corrected chi connectivity index (χ2v) is 8.79. The van der Waals surface area contributed by atoms with E-state index in [0.29, 0.717) is 29.6 Å². The highest BCUT2D eigenvalue weighted by atomic mass is 32.2. The molecule has 0 saturated heterocycles. The Kier molecular flexibility index (Phi) is 9.98. The van der Waals surface area contributed by atoms with Crippen LogP contribution in [0.5, 0.6) is 0 Å². The lowest BCUT2D eigenvalue weighted by Crippen LogP contribution is -2.31. The van der Waals surface area contributed by atoms with E-state index in [1.165, 1.54) is 22.0 Å². The summed E-state index contributed by atoms with van der Waals surface area (Å²) in [6, 6.07) is 12.0. The van der Waals surface area contributed by atoms with Gasteiger partial charge in [-0.2, -0.15) is 10.1 Å². The lowest BCUT2D eigenvalue weighted by atomic mass is 10.0. The number of benzene rings is 1. The van der Waals surface area contributed by atoms with E-state index in [4.69, 9.17) is 0 Å². The first kappa shape index (κ1) is 26.1. The van der Waals surface area contributed by atoms with Crippen LogP contribution in [0.2, 0.25) is 0 Å². The normalized spacial score (nSPS) is 11.7. The summed E-state index contributed by atoms with van der Waals surface area (Å²) in [6.45, 7) is 6.36. The van der Waals surface area contributed by atoms with Crippen LogP contribution in [-0.4, -0.2) is 25.7 Å². The molecule has 182 valence electrons. The largest absolute Gasteiger partial charge is 0.350 e. The molecule has 1 N–H and O–H groups in total. The molecule has 0 aliphatic heterocycles. The number of carbonyl (C=O) groups excluding carboxylic acids is 1. The Bertz CT molecular complexity index is 1230. The minimum absolute atomic E-state index is 0.0155. The number of rotatable bonds is 11. The minimum Gasteiger partial charge on any atom is -0.350 e. The van der Waals surface area contributed by atoms with Gasteiger partial charge in [0.05, 0.1) is 0 Å². The Morgan fingerprint density at radius 1 is 1.14 bits per heavy atom. The van der Waals surface area contributed by atoms with Gasteiger partial charge in [-0.25, -0.2) is 4.68 Å².